The van der Waals surface area contributed by atoms with Crippen molar-refractivity contribution in [2.24, 2.45) is 23.7 Å². The lowest BCUT2D eigenvalue weighted by Crippen LogP contribution is -2.44. The molecule has 4 heterocycles. The Bertz CT molecular complexity index is 1690. The second-order valence-corrected chi connectivity index (χ2v) is 19.4. The summed E-state index contributed by atoms with van der Waals surface area (Å²) in [5.74, 6) is 1.91. The van der Waals surface area contributed by atoms with Crippen molar-refractivity contribution in [2.45, 2.75) is 117 Å². The fourth-order valence-electron chi connectivity index (χ4n) is 9.25. The van der Waals surface area contributed by atoms with E-state index in [1.54, 1.807) is 12.1 Å². The Labute approximate surface area is 364 Å². The number of carboxylic acids is 1. The standard InChI is InChI=1S/C26H41N3O4.C22H32N2O4/c1-26(2,3)33-25(32)29-17-12-22(13-18-29)21-10-15-28(16-11-21)23-7-4-20(5-8-23)6-9-24(31)27-14-19-30;1-22(2,3)28-21(27)24-14-10-17(11-15-24)16-8-12-23(13-9-16)19-6-4-18(5-7-19)20(25)26/h4-5,7-8,21-22,30H,6,9-19H2,1-3H3,(H,27,31);4-7,16-17H,8-15H2,1-3H3,(H,25,26). The van der Waals surface area contributed by atoms with Gasteiger partial charge in [-0.05, 0) is 165 Å². The lowest BCUT2D eigenvalue weighted by Gasteiger charge is -2.41. The predicted octanol–water partition coefficient (Wildman–Crippen LogP) is 7.84. The van der Waals surface area contributed by atoms with Gasteiger partial charge in [0, 0.05) is 76.7 Å². The summed E-state index contributed by atoms with van der Waals surface area (Å²) >= 11 is 0. The molecule has 0 radical (unpaired) electrons. The molecule has 0 aromatic heterocycles. The van der Waals surface area contributed by atoms with Gasteiger partial charge in [0.05, 0.1) is 12.2 Å². The first kappa shape index (κ1) is 47.5. The summed E-state index contributed by atoms with van der Waals surface area (Å²) in [6.07, 6.45) is 9.74. The van der Waals surface area contributed by atoms with E-state index in [-0.39, 0.29) is 24.7 Å². The molecule has 4 fully saturated rings. The summed E-state index contributed by atoms with van der Waals surface area (Å²) < 4.78 is 11.0. The number of piperidine rings is 4. The molecule has 13 nitrogen and oxygen atoms in total. The number of aromatic carboxylic acids is 1. The van der Waals surface area contributed by atoms with Gasteiger partial charge in [-0.1, -0.05) is 12.1 Å². The number of nitrogens with one attached hydrogen (secondary N) is 1. The third-order valence-corrected chi connectivity index (χ3v) is 12.7. The largest absolute Gasteiger partial charge is 0.478 e. The zero-order valence-electron chi connectivity index (χ0n) is 37.7. The molecule has 4 aliphatic heterocycles. The van der Waals surface area contributed by atoms with Gasteiger partial charge >= 0.3 is 18.2 Å². The monoisotopic (exact) mass is 848 g/mol. The highest BCUT2D eigenvalue weighted by Gasteiger charge is 2.34. The number of nitrogens with zero attached hydrogens (tertiary/aromatic N) is 4. The number of likely N-dealkylation sites (tertiary alicyclic amines) is 2. The maximum absolute atomic E-state index is 12.3. The summed E-state index contributed by atoms with van der Waals surface area (Å²) in [5.41, 5.74) is 2.96. The number of carbonyl (C=O) groups excluding carboxylic acids is 3. The molecule has 0 spiro atoms. The number of aryl methyl sites for hydroxylation is 1. The molecule has 3 N–H and O–H groups in total. The van der Waals surface area contributed by atoms with E-state index in [1.807, 2.05) is 63.5 Å². The van der Waals surface area contributed by atoms with Crippen LogP contribution in [0.15, 0.2) is 48.5 Å². The molecule has 0 atom stereocenters. The highest BCUT2D eigenvalue weighted by Crippen LogP contribution is 2.36. The van der Waals surface area contributed by atoms with E-state index in [2.05, 4.69) is 39.4 Å². The zero-order chi connectivity index (χ0) is 44.2. The Morgan fingerprint density at radius 3 is 1.30 bits per heavy atom. The van der Waals surface area contributed by atoms with Crippen LogP contribution in [0, 0.1) is 23.7 Å². The lowest BCUT2D eigenvalue weighted by molar-refractivity contribution is -0.121. The van der Waals surface area contributed by atoms with E-state index in [4.69, 9.17) is 19.7 Å². The van der Waals surface area contributed by atoms with Gasteiger partial charge in [-0.15, -0.1) is 0 Å². The van der Waals surface area contributed by atoms with E-state index in [0.717, 1.165) is 108 Å². The number of aliphatic hydroxyl groups excluding tert-OH is 1. The van der Waals surface area contributed by atoms with Crippen LogP contribution in [0.2, 0.25) is 0 Å². The highest BCUT2D eigenvalue weighted by molar-refractivity contribution is 5.88. The number of carboxylic acid groups (broad SMARTS) is 1. The molecule has 13 heteroatoms. The number of hydrogen-bond donors (Lipinski definition) is 3. The van der Waals surface area contributed by atoms with E-state index >= 15 is 0 Å². The molecule has 3 amide bonds. The number of rotatable bonds is 10. The van der Waals surface area contributed by atoms with Crippen molar-refractivity contribution in [3.05, 3.63) is 59.7 Å². The first-order valence-electron chi connectivity index (χ1n) is 22.7. The Morgan fingerprint density at radius 2 is 0.951 bits per heavy atom. The molecular formula is C48H73N5O8. The van der Waals surface area contributed by atoms with Gasteiger partial charge in [-0.2, -0.15) is 0 Å². The van der Waals surface area contributed by atoms with Gasteiger partial charge in [0.15, 0.2) is 0 Å². The van der Waals surface area contributed by atoms with Gasteiger partial charge in [0.25, 0.3) is 0 Å². The van der Waals surface area contributed by atoms with Crippen molar-refractivity contribution in [3.63, 3.8) is 0 Å². The second kappa shape index (κ2) is 22.0. The molecule has 0 bridgehead atoms. The van der Waals surface area contributed by atoms with Crippen molar-refractivity contribution >= 4 is 35.4 Å². The first-order valence-corrected chi connectivity index (χ1v) is 22.7. The Kier molecular flexibility index (Phi) is 17.2. The third kappa shape index (κ3) is 15.1. The fraction of sp³-hybridized carbons (Fsp3) is 0.667. The van der Waals surface area contributed by atoms with Crippen LogP contribution < -0.4 is 15.1 Å². The average Bonchev–Trinajstić information content (AvgIpc) is 3.24. The number of aliphatic hydroxyl groups is 1. The molecule has 338 valence electrons. The van der Waals surface area contributed by atoms with Gasteiger partial charge in [0.1, 0.15) is 11.2 Å². The van der Waals surface area contributed by atoms with Crippen molar-refractivity contribution < 1.29 is 38.9 Å². The first-order chi connectivity index (χ1) is 29.0. The summed E-state index contributed by atoms with van der Waals surface area (Å²) in [6.45, 7) is 19.1. The minimum absolute atomic E-state index is 0.0212. The van der Waals surface area contributed by atoms with Crippen LogP contribution in [-0.4, -0.2) is 121 Å². The van der Waals surface area contributed by atoms with Crippen LogP contribution in [0.1, 0.15) is 115 Å². The number of hydrogen-bond acceptors (Lipinski definition) is 9. The van der Waals surface area contributed by atoms with Gasteiger partial charge in [-0.3, -0.25) is 4.79 Å². The average molecular weight is 848 g/mol. The molecular weight excluding hydrogens is 775 g/mol. The number of ether oxygens (including phenoxy) is 2. The maximum atomic E-state index is 12.3. The van der Waals surface area contributed by atoms with Crippen LogP contribution in [0.4, 0.5) is 21.0 Å². The van der Waals surface area contributed by atoms with E-state index < -0.39 is 17.2 Å². The topological polar surface area (TPSA) is 152 Å². The summed E-state index contributed by atoms with van der Waals surface area (Å²) in [7, 11) is 0. The van der Waals surface area contributed by atoms with Crippen LogP contribution >= 0.6 is 0 Å². The minimum atomic E-state index is -0.886. The van der Waals surface area contributed by atoms with Crippen molar-refractivity contribution in [2.75, 3.05) is 75.3 Å². The second-order valence-electron chi connectivity index (χ2n) is 19.4. The predicted molar refractivity (Wildman–Crippen MR) is 239 cm³/mol. The molecule has 4 saturated heterocycles. The lowest BCUT2D eigenvalue weighted by atomic mass is 9.79. The number of amides is 3. The summed E-state index contributed by atoms with van der Waals surface area (Å²) in [5, 5.41) is 20.5. The number of anilines is 2. The van der Waals surface area contributed by atoms with E-state index in [9.17, 15) is 19.2 Å². The molecule has 2 aromatic rings. The van der Waals surface area contributed by atoms with Crippen molar-refractivity contribution in [3.8, 4) is 0 Å². The summed E-state index contributed by atoms with van der Waals surface area (Å²) in [4.78, 5) is 55.7. The molecule has 0 saturated carbocycles. The van der Waals surface area contributed by atoms with E-state index in [0.29, 0.717) is 42.7 Å². The van der Waals surface area contributed by atoms with Gasteiger partial charge < -0.3 is 44.6 Å². The van der Waals surface area contributed by atoms with Crippen molar-refractivity contribution in [1.29, 1.82) is 0 Å². The molecule has 61 heavy (non-hydrogen) atoms. The molecule has 0 unspecified atom stereocenters. The quantitative estimate of drug-likeness (QED) is 0.216. The number of carbonyl (C=O) groups is 4. The van der Waals surface area contributed by atoms with Crippen LogP contribution in [0.3, 0.4) is 0 Å². The van der Waals surface area contributed by atoms with Crippen LogP contribution in [-0.2, 0) is 20.7 Å². The van der Waals surface area contributed by atoms with Gasteiger partial charge in [-0.25, -0.2) is 14.4 Å². The molecule has 6 rings (SSSR count). The smallest absolute Gasteiger partial charge is 0.410 e. The van der Waals surface area contributed by atoms with Crippen LogP contribution in [0.25, 0.3) is 0 Å². The molecule has 0 aliphatic carbocycles. The third-order valence-electron chi connectivity index (χ3n) is 12.7. The highest BCUT2D eigenvalue weighted by atomic mass is 16.6. The Balaban J connectivity index is 0.000000234. The summed E-state index contributed by atoms with van der Waals surface area (Å²) in [6, 6.07) is 15.7. The molecule has 4 aliphatic rings. The SMILES string of the molecule is CC(C)(C)OC(=O)N1CCC(C2CCN(c3ccc(C(=O)O)cc3)CC2)CC1.CC(C)(C)OC(=O)N1CCC(C2CCN(c3ccc(CCC(=O)NCCO)cc3)CC2)CC1. The fourth-order valence-corrected chi connectivity index (χ4v) is 9.25. The van der Waals surface area contributed by atoms with Crippen LogP contribution in [0.5, 0.6) is 0 Å². The van der Waals surface area contributed by atoms with Crippen molar-refractivity contribution in [1.82, 2.24) is 15.1 Å². The maximum Gasteiger partial charge on any atom is 0.410 e. The zero-order valence-corrected chi connectivity index (χ0v) is 37.7. The molecule has 2 aromatic carbocycles. The minimum Gasteiger partial charge on any atom is -0.478 e. The number of benzene rings is 2. The van der Waals surface area contributed by atoms with E-state index in [1.165, 1.54) is 18.5 Å². The Morgan fingerprint density at radius 1 is 0.590 bits per heavy atom. The normalized spacial score (nSPS) is 18.9. The Hall–Kier alpha value is -4.52. The van der Waals surface area contributed by atoms with Gasteiger partial charge in [0.2, 0.25) is 5.91 Å².